The number of benzene rings is 1. The molecule has 1 aromatic carbocycles. The van der Waals surface area contributed by atoms with Gasteiger partial charge in [0.25, 0.3) is 5.91 Å². The number of amides is 3. The number of anilines is 1. The van der Waals surface area contributed by atoms with E-state index in [1.54, 1.807) is 6.07 Å². The Balaban J connectivity index is 3.14. The van der Waals surface area contributed by atoms with E-state index in [-0.39, 0.29) is 11.3 Å². The highest BCUT2D eigenvalue weighted by Crippen LogP contribution is 2.22. The average Bonchev–Trinajstić information content (AvgIpc) is 2.28. The summed E-state index contributed by atoms with van der Waals surface area (Å²) in [6, 6.07) is 3.71. The fourth-order valence-electron chi connectivity index (χ4n) is 1.11. The second-order valence-electron chi connectivity index (χ2n) is 2.80. The number of ether oxygens (including phenoxy) is 1. The quantitative estimate of drug-likeness (QED) is 0.824. The lowest BCUT2D eigenvalue weighted by molar-refractivity contribution is 0.100. The van der Waals surface area contributed by atoms with Gasteiger partial charge in [-0.25, -0.2) is 4.79 Å². The molecular weight excluding hydrogens is 230 g/mol. The van der Waals surface area contributed by atoms with Crippen molar-refractivity contribution in [3.05, 3.63) is 23.8 Å². The molecule has 0 atom stereocenters. The van der Waals surface area contributed by atoms with Gasteiger partial charge in [0.2, 0.25) is 0 Å². The van der Waals surface area contributed by atoms with Crippen molar-refractivity contribution < 1.29 is 14.3 Å². The van der Waals surface area contributed by atoms with Crippen molar-refractivity contribution in [1.82, 2.24) is 0 Å². The maximum absolute atomic E-state index is 11.1. The van der Waals surface area contributed by atoms with Gasteiger partial charge in [0.15, 0.2) is 0 Å². The highest BCUT2D eigenvalue weighted by atomic mass is 32.1. The minimum atomic E-state index is -0.745. The van der Waals surface area contributed by atoms with E-state index in [1.807, 2.05) is 0 Å². The second-order valence-corrected chi connectivity index (χ2v) is 2.98. The molecular formula is C9H9N3O3S. The Kier molecular flexibility index (Phi) is 3.90. The van der Waals surface area contributed by atoms with Crippen molar-refractivity contribution in [2.75, 3.05) is 12.4 Å². The zero-order valence-electron chi connectivity index (χ0n) is 8.39. The number of rotatable bonds is 3. The lowest BCUT2D eigenvalue weighted by Crippen LogP contribution is -2.16. The molecule has 0 fully saturated rings. The van der Waals surface area contributed by atoms with Crippen molar-refractivity contribution in [3.8, 4) is 5.75 Å². The molecule has 1 rings (SSSR count). The van der Waals surface area contributed by atoms with Gasteiger partial charge < -0.3 is 15.8 Å². The smallest absolute Gasteiger partial charge is 0.356 e. The van der Waals surface area contributed by atoms with Crippen LogP contribution in [0, 0.1) is 0 Å². The Morgan fingerprint density at radius 3 is 2.69 bits per heavy atom. The van der Waals surface area contributed by atoms with Gasteiger partial charge in [-0.2, -0.15) is 0 Å². The summed E-state index contributed by atoms with van der Waals surface area (Å²) in [5, 5.41) is 2.33. The van der Waals surface area contributed by atoms with Crippen molar-refractivity contribution in [2.45, 2.75) is 0 Å². The van der Waals surface area contributed by atoms with Crippen LogP contribution in [0.3, 0.4) is 0 Å². The minimum Gasteiger partial charge on any atom is -0.497 e. The summed E-state index contributed by atoms with van der Waals surface area (Å²) in [5.41, 5.74) is 5.51. The molecule has 0 heterocycles. The maximum Gasteiger partial charge on any atom is 0.356 e. The predicted octanol–water partition coefficient (Wildman–Crippen LogP) is 1.06. The average molecular weight is 239 g/mol. The van der Waals surface area contributed by atoms with E-state index in [2.05, 4.69) is 22.1 Å². The normalized spacial score (nSPS) is 9.31. The van der Waals surface area contributed by atoms with Crippen molar-refractivity contribution in [1.29, 1.82) is 0 Å². The third kappa shape index (κ3) is 2.74. The zero-order valence-corrected chi connectivity index (χ0v) is 9.21. The molecule has 7 heteroatoms. The Morgan fingerprint density at radius 1 is 1.50 bits per heavy atom. The molecule has 3 amide bonds. The molecule has 3 N–H and O–H groups in total. The van der Waals surface area contributed by atoms with Crippen molar-refractivity contribution in [3.63, 3.8) is 0 Å². The fourth-order valence-corrected chi connectivity index (χ4v) is 1.15. The number of primary amides is 1. The zero-order chi connectivity index (χ0) is 12.1. The number of methoxy groups -OCH3 is 1. The summed E-state index contributed by atoms with van der Waals surface area (Å²) in [6.07, 6.45) is 0. The van der Waals surface area contributed by atoms with Crippen LogP contribution in [-0.4, -0.2) is 19.0 Å². The molecule has 84 valence electrons. The van der Waals surface area contributed by atoms with Crippen LogP contribution < -0.4 is 15.8 Å². The summed E-state index contributed by atoms with van der Waals surface area (Å²) in [5.74, 6) is -0.188. The van der Waals surface area contributed by atoms with E-state index in [1.165, 1.54) is 19.2 Å². The van der Waals surface area contributed by atoms with E-state index >= 15 is 0 Å². The molecule has 0 aliphatic rings. The van der Waals surface area contributed by atoms with Crippen LogP contribution >= 0.6 is 0 Å². The molecule has 16 heavy (non-hydrogen) atoms. The van der Waals surface area contributed by atoms with E-state index in [4.69, 9.17) is 10.5 Å². The summed E-state index contributed by atoms with van der Waals surface area (Å²) in [6.45, 7) is 0. The highest BCUT2D eigenvalue weighted by Gasteiger charge is 2.11. The van der Waals surface area contributed by atoms with Gasteiger partial charge >= 0.3 is 6.03 Å². The standard InChI is InChI=1S/C9H9N3O3S/c1-15-5-2-3-6(8(10)13)7(4-5)11-9(14)12-16/h2-4H,1H3,(H2,10,13)(H,11,14). The predicted molar refractivity (Wildman–Crippen MR) is 60.3 cm³/mol. The van der Waals surface area contributed by atoms with Crippen LogP contribution in [0.25, 0.3) is 0 Å². The molecule has 0 unspecified atom stereocenters. The molecule has 0 aliphatic carbocycles. The SMILES string of the molecule is COc1ccc(C(N)=O)c(NC(=O)N=S)c1. The molecule has 0 saturated carbocycles. The summed E-state index contributed by atoms with van der Waals surface area (Å²) in [7, 11) is 1.46. The molecule has 1 aromatic rings. The highest BCUT2D eigenvalue weighted by molar-refractivity contribution is 7.47. The summed E-state index contributed by atoms with van der Waals surface area (Å²) in [4.78, 5) is 22.0. The number of hydrogen-bond donors (Lipinski definition) is 2. The Bertz CT molecular complexity index is 448. The van der Waals surface area contributed by atoms with Crippen molar-refractivity contribution in [2.24, 2.45) is 10.1 Å². The number of carbonyl (C=O) groups excluding carboxylic acids is 2. The topological polar surface area (TPSA) is 93.8 Å². The fraction of sp³-hybridized carbons (Fsp3) is 0.111. The number of nitrogens with one attached hydrogen (secondary N) is 1. The third-order valence-electron chi connectivity index (χ3n) is 1.82. The first-order valence-electron chi connectivity index (χ1n) is 4.20. The lowest BCUT2D eigenvalue weighted by Gasteiger charge is -2.08. The second kappa shape index (κ2) is 5.17. The molecule has 6 nitrogen and oxygen atoms in total. The Hall–Kier alpha value is -2.02. The van der Waals surface area contributed by atoms with E-state index < -0.39 is 11.9 Å². The van der Waals surface area contributed by atoms with Crippen molar-refractivity contribution >= 4 is 30.1 Å². The third-order valence-corrected chi connectivity index (χ3v) is 1.98. The van der Waals surface area contributed by atoms with Crippen LogP contribution in [0.4, 0.5) is 10.5 Å². The van der Waals surface area contributed by atoms with Crippen LogP contribution in [0.5, 0.6) is 5.75 Å². The molecule has 0 bridgehead atoms. The van der Waals surface area contributed by atoms with Gasteiger partial charge in [-0.05, 0) is 12.1 Å². The first kappa shape index (κ1) is 12.1. The number of hydrogen-bond acceptors (Lipinski definition) is 4. The number of nitrogens with two attached hydrogens (primary N) is 1. The first-order chi connectivity index (χ1) is 7.58. The van der Waals surface area contributed by atoms with E-state index in [0.717, 1.165) is 0 Å². The molecule has 0 spiro atoms. The van der Waals surface area contributed by atoms with Gasteiger partial charge in [0.05, 0.1) is 18.4 Å². The Morgan fingerprint density at radius 2 is 2.19 bits per heavy atom. The van der Waals surface area contributed by atoms with Gasteiger partial charge in [-0.3, -0.25) is 4.79 Å². The van der Waals surface area contributed by atoms with Gasteiger partial charge in [0.1, 0.15) is 5.75 Å². The first-order valence-corrected chi connectivity index (χ1v) is 4.57. The van der Waals surface area contributed by atoms with E-state index in [0.29, 0.717) is 5.75 Å². The van der Waals surface area contributed by atoms with Gasteiger partial charge in [-0.15, -0.1) is 4.36 Å². The van der Waals surface area contributed by atoms with Gasteiger partial charge in [0, 0.05) is 18.5 Å². The number of urea groups is 1. The van der Waals surface area contributed by atoms with Crippen LogP contribution in [0.2, 0.25) is 0 Å². The molecule has 0 aliphatic heterocycles. The van der Waals surface area contributed by atoms with Crippen LogP contribution in [-0.2, 0) is 12.4 Å². The number of nitrogens with zero attached hydrogens (tertiary/aromatic N) is 1. The molecule has 0 radical (unpaired) electrons. The van der Waals surface area contributed by atoms with Crippen LogP contribution in [0.15, 0.2) is 22.6 Å². The summed E-state index contributed by atoms with van der Waals surface area (Å²) >= 11 is 4.21. The number of carbonyl (C=O) groups is 2. The molecule has 0 aromatic heterocycles. The lowest BCUT2D eigenvalue weighted by atomic mass is 10.1. The van der Waals surface area contributed by atoms with E-state index in [9.17, 15) is 9.59 Å². The van der Waals surface area contributed by atoms with Gasteiger partial charge in [-0.1, -0.05) is 0 Å². The van der Waals surface area contributed by atoms with Crippen LogP contribution in [0.1, 0.15) is 10.4 Å². The largest absolute Gasteiger partial charge is 0.497 e. The Labute approximate surface area is 96.9 Å². The molecule has 0 saturated heterocycles. The monoisotopic (exact) mass is 239 g/mol. The summed E-state index contributed by atoms with van der Waals surface area (Å²) < 4.78 is 7.92. The minimum absolute atomic E-state index is 0.160. The maximum atomic E-state index is 11.1.